The quantitative estimate of drug-likeness (QED) is 0.661. The Morgan fingerprint density at radius 2 is 2.27 bits per heavy atom. The van der Waals surface area contributed by atoms with Gasteiger partial charge in [0.05, 0.1) is 12.6 Å². The van der Waals surface area contributed by atoms with Gasteiger partial charge in [0.1, 0.15) is 0 Å². The van der Waals surface area contributed by atoms with E-state index in [1.807, 2.05) is 0 Å². The second-order valence-corrected chi connectivity index (χ2v) is 4.02. The van der Waals surface area contributed by atoms with Gasteiger partial charge in [-0.3, -0.25) is 0 Å². The molecule has 1 unspecified atom stereocenters. The van der Waals surface area contributed by atoms with Crippen LogP contribution in [0.2, 0.25) is 0 Å². The van der Waals surface area contributed by atoms with Gasteiger partial charge in [0.25, 0.3) is 0 Å². The minimum Gasteiger partial charge on any atom is -0.379 e. The highest BCUT2D eigenvalue weighted by atomic mass is 16.5. The van der Waals surface area contributed by atoms with Crippen molar-refractivity contribution in [2.75, 3.05) is 19.8 Å². The van der Waals surface area contributed by atoms with Crippen LogP contribution in [-0.4, -0.2) is 31.8 Å². The molecule has 0 aromatic heterocycles. The summed E-state index contributed by atoms with van der Waals surface area (Å²) >= 11 is 0. The number of amides is 2. The predicted molar refractivity (Wildman–Crippen MR) is 59.9 cm³/mol. The van der Waals surface area contributed by atoms with Gasteiger partial charge in [-0.25, -0.2) is 4.79 Å². The molecule has 1 rings (SSSR count). The molecule has 1 fully saturated rings. The van der Waals surface area contributed by atoms with Crippen LogP contribution in [0.4, 0.5) is 4.79 Å². The molecule has 1 aliphatic rings. The number of carbonyl (C=O) groups is 1. The number of hydrogen-bond acceptors (Lipinski definition) is 2. The normalized spacial score (nSPS) is 20.2. The number of nitrogens with one attached hydrogen (secondary N) is 2. The van der Waals surface area contributed by atoms with E-state index in [1.54, 1.807) is 0 Å². The molecular formula is C11H22N2O2. The molecule has 0 bridgehead atoms. The van der Waals surface area contributed by atoms with E-state index in [2.05, 4.69) is 17.6 Å². The summed E-state index contributed by atoms with van der Waals surface area (Å²) in [5.41, 5.74) is 0. The lowest BCUT2D eigenvalue weighted by atomic mass is 10.2. The summed E-state index contributed by atoms with van der Waals surface area (Å²) in [5.74, 6) is 0. The zero-order chi connectivity index (χ0) is 10.9. The van der Waals surface area contributed by atoms with Gasteiger partial charge in [-0.15, -0.1) is 0 Å². The summed E-state index contributed by atoms with van der Waals surface area (Å²) < 4.78 is 5.17. The van der Waals surface area contributed by atoms with Crippen LogP contribution in [0.15, 0.2) is 0 Å². The summed E-state index contributed by atoms with van der Waals surface area (Å²) in [6, 6.07) is 0.155. The van der Waals surface area contributed by atoms with Crippen molar-refractivity contribution in [2.24, 2.45) is 0 Å². The maximum absolute atomic E-state index is 11.4. The topological polar surface area (TPSA) is 50.4 Å². The Morgan fingerprint density at radius 3 is 2.93 bits per heavy atom. The molecule has 1 aliphatic heterocycles. The van der Waals surface area contributed by atoms with E-state index < -0.39 is 0 Å². The molecule has 0 radical (unpaired) electrons. The Balaban J connectivity index is 1.93. The van der Waals surface area contributed by atoms with Gasteiger partial charge in [-0.1, -0.05) is 26.2 Å². The largest absolute Gasteiger partial charge is 0.379 e. The smallest absolute Gasteiger partial charge is 0.315 e. The number of unbranched alkanes of at least 4 members (excludes halogenated alkanes) is 3. The van der Waals surface area contributed by atoms with Gasteiger partial charge in [-0.2, -0.15) is 0 Å². The average molecular weight is 214 g/mol. The lowest BCUT2D eigenvalue weighted by Gasteiger charge is -2.11. The van der Waals surface area contributed by atoms with Crippen LogP contribution in [0.3, 0.4) is 0 Å². The molecule has 0 aromatic carbocycles. The van der Waals surface area contributed by atoms with E-state index in [-0.39, 0.29) is 12.1 Å². The molecule has 0 aliphatic carbocycles. The third kappa shape index (κ3) is 5.62. The summed E-state index contributed by atoms with van der Waals surface area (Å²) in [5, 5.41) is 5.76. The maximum Gasteiger partial charge on any atom is 0.315 e. The van der Waals surface area contributed by atoms with Gasteiger partial charge < -0.3 is 15.4 Å². The van der Waals surface area contributed by atoms with Crippen LogP contribution in [0.25, 0.3) is 0 Å². The van der Waals surface area contributed by atoms with Crippen LogP contribution in [0.5, 0.6) is 0 Å². The molecule has 2 N–H and O–H groups in total. The van der Waals surface area contributed by atoms with Crippen molar-refractivity contribution < 1.29 is 9.53 Å². The number of urea groups is 1. The molecular weight excluding hydrogens is 192 g/mol. The Morgan fingerprint density at radius 1 is 1.40 bits per heavy atom. The highest BCUT2D eigenvalue weighted by Crippen LogP contribution is 2.02. The fourth-order valence-corrected chi connectivity index (χ4v) is 1.64. The lowest BCUT2D eigenvalue weighted by molar-refractivity contribution is 0.188. The van der Waals surface area contributed by atoms with Gasteiger partial charge in [0, 0.05) is 13.2 Å². The lowest BCUT2D eigenvalue weighted by Crippen LogP contribution is -2.42. The summed E-state index contributed by atoms with van der Waals surface area (Å²) in [6.45, 7) is 4.38. The third-order valence-corrected chi connectivity index (χ3v) is 2.58. The Kier molecular flexibility index (Phi) is 6.16. The molecule has 1 heterocycles. The van der Waals surface area contributed by atoms with Crippen molar-refractivity contribution in [3.05, 3.63) is 0 Å². The van der Waals surface area contributed by atoms with Crippen molar-refractivity contribution >= 4 is 6.03 Å². The number of ether oxygens (including phenoxy) is 1. The van der Waals surface area contributed by atoms with E-state index in [0.717, 1.165) is 26.0 Å². The fourth-order valence-electron chi connectivity index (χ4n) is 1.64. The molecule has 0 saturated carbocycles. The molecule has 15 heavy (non-hydrogen) atoms. The Hall–Kier alpha value is -0.770. The molecule has 4 nitrogen and oxygen atoms in total. The average Bonchev–Trinajstić information content (AvgIpc) is 2.70. The minimum absolute atomic E-state index is 0.0537. The molecule has 0 spiro atoms. The minimum atomic E-state index is -0.0537. The second-order valence-electron chi connectivity index (χ2n) is 4.02. The molecule has 0 aromatic rings. The van der Waals surface area contributed by atoms with Crippen molar-refractivity contribution in [1.82, 2.24) is 10.6 Å². The first-order valence-corrected chi connectivity index (χ1v) is 5.95. The summed E-state index contributed by atoms with van der Waals surface area (Å²) in [7, 11) is 0. The van der Waals surface area contributed by atoms with Crippen LogP contribution in [-0.2, 0) is 4.74 Å². The van der Waals surface area contributed by atoms with Crippen LogP contribution in [0, 0.1) is 0 Å². The maximum atomic E-state index is 11.4. The monoisotopic (exact) mass is 214 g/mol. The van der Waals surface area contributed by atoms with Crippen LogP contribution < -0.4 is 10.6 Å². The van der Waals surface area contributed by atoms with Gasteiger partial charge in [0.2, 0.25) is 0 Å². The fraction of sp³-hybridized carbons (Fsp3) is 0.909. The van der Waals surface area contributed by atoms with Crippen molar-refractivity contribution in [2.45, 2.75) is 45.1 Å². The first kappa shape index (κ1) is 12.3. The highest BCUT2D eigenvalue weighted by molar-refractivity contribution is 5.74. The first-order valence-electron chi connectivity index (χ1n) is 5.95. The molecule has 88 valence electrons. The number of hydrogen-bond donors (Lipinski definition) is 2. The van der Waals surface area contributed by atoms with E-state index in [0.29, 0.717) is 6.61 Å². The second kappa shape index (κ2) is 7.51. The summed E-state index contributed by atoms with van der Waals surface area (Å²) in [6.07, 6.45) is 5.68. The molecule has 1 saturated heterocycles. The van der Waals surface area contributed by atoms with Crippen molar-refractivity contribution in [3.8, 4) is 0 Å². The zero-order valence-electron chi connectivity index (χ0n) is 9.55. The molecule has 1 atom stereocenters. The van der Waals surface area contributed by atoms with Crippen LogP contribution >= 0.6 is 0 Å². The number of carbonyl (C=O) groups excluding carboxylic acids is 1. The highest BCUT2D eigenvalue weighted by Gasteiger charge is 2.16. The van der Waals surface area contributed by atoms with E-state index in [4.69, 9.17) is 4.74 Å². The third-order valence-electron chi connectivity index (χ3n) is 2.58. The van der Waals surface area contributed by atoms with Crippen molar-refractivity contribution in [3.63, 3.8) is 0 Å². The zero-order valence-corrected chi connectivity index (χ0v) is 9.55. The standard InChI is InChI=1S/C11H22N2O2/c1-2-3-4-5-7-12-11(14)13-10-6-8-15-9-10/h10H,2-9H2,1H3,(H2,12,13,14). The molecule has 2 amide bonds. The van der Waals surface area contributed by atoms with Gasteiger partial charge in [0.15, 0.2) is 0 Å². The first-order chi connectivity index (χ1) is 7.33. The Bertz CT molecular complexity index is 179. The van der Waals surface area contributed by atoms with E-state index in [1.165, 1.54) is 19.3 Å². The molecule has 4 heteroatoms. The van der Waals surface area contributed by atoms with Gasteiger partial charge >= 0.3 is 6.03 Å². The van der Waals surface area contributed by atoms with E-state index in [9.17, 15) is 4.79 Å². The summed E-state index contributed by atoms with van der Waals surface area (Å²) in [4.78, 5) is 11.4. The van der Waals surface area contributed by atoms with Gasteiger partial charge in [-0.05, 0) is 12.8 Å². The van der Waals surface area contributed by atoms with E-state index >= 15 is 0 Å². The SMILES string of the molecule is CCCCCCNC(=O)NC1CCOC1. The Labute approximate surface area is 91.8 Å². The number of rotatable bonds is 6. The van der Waals surface area contributed by atoms with Crippen LogP contribution in [0.1, 0.15) is 39.0 Å². The van der Waals surface area contributed by atoms with Crippen molar-refractivity contribution in [1.29, 1.82) is 0 Å². The predicted octanol–water partition coefficient (Wildman–Crippen LogP) is 1.65.